The summed E-state index contributed by atoms with van der Waals surface area (Å²) < 4.78 is 59.3. The van der Waals surface area contributed by atoms with Crippen LogP contribution >= 0.6 is 0 Å². The highest BCUT2D eigenvalue weighted by atomic mass is 32.2. The molecule has 2 aliphatic heterocycles. The van der Waals surface area contributed by atoms with Gasteiger partial charge in [-0.05, 0) is 75.4 Å². The second kappa shape index (κ2) is 12.2. The first-order valence-corrected chi connectivity index (χ1v) is 16.8. The van der Waals surface area contributed by atoms with Crippen molar-refractivity contribution in [3.63, 3.8) is 0 Å². The first kappa shape index (κ1) is 30.5. The second-order valence-electron chi connectivity index (χ2n) is 11.2. The fourth-order valence-corrected chi connectivity index (χ4v) is 8.20. The number of rotatable bonds is 8. The summed E-state index contributed by atoms with van der Waals surface area (Å²) in [6.45, 7) is 10.2. The van der Waals surface area contributed by atoms with Crippen LogP contribution in [0.25, 0.3) is 0 Å². The predicted molar refractivity (Wildman–Crippen MR) is 155 cm³/mol. The summed E-state index contributed by atoms with van der Waals surface area (Å²) in [6.07, 6.45) is 2.38. The third kappa shape index (κ3) is 6.37. The Kier molecular flexibility index (Phi) is 9.27. The molecule has 2 aromatic carbocycles. The molecule has 9 nitrogen and oxygen atoms in total. The molecule has 4 rings (SSSR count). The van der Waals surface area contributed by atoms with Crippen LogP contribution in [0.1, 0.15) is 50.0 Å². The largest absolute Gasteiger partial charge is 0.373 e. The number of sulfonamides is 1. The van der Waals surface area contributed by atoms with Crippen molar-refractivity contribution in [2.75, 3.05) is 51.7 Å². The molecule has 0 amide bonds. The number of para-hydroxylation sites is 1. The smallest absolute Gasteiger partial charge is 0.242 e. The van der Waals surface area contributed by atoms with Crippen LogP contribution in [0.2, 0.25) is 0 Å². The average molecular weight is 589 g/mol. The molecule has 0 bridgehead atoms. The van der Waals surface area contributed by atoms with E-state index in [0.29, 0.717) is 22.7 Å². The standard InChI is InChI=1S/C29H40N4O5S2/c1-21-18-32(19-22(2)38-21)20-24-13-15-33(16-14-24)29-25(17-30)7-6-8-28(29)23(3)39(34,35)26-9-11-27(12-10-26)40(36,37)31(4)5/h6-12,21-24H,13-16,18-20H2,1-5H3. The summed E-state index contributed by atoms with van der Waals surface area (Å²) >= 11 is 0. The Balaban J connectivity index is 1.54. The number of nitrogens with zero attached hydrogens (tertiary/aromatic N) is 4. The minimum atomic E-state index is -3.86. The zero-order valence-corrected chi connectivity index (χ0v) is 25.6. The van der Waals surface area contributed by atoms with E-state index in [0.717, 1.165) is 49.9 Å². The molecule has 40 heavy (non-hydrogen) atoms. The molecule has 2 saturated heterocycles. The van der Waals surface area contributed by atoms with Crippen molar-refractivity contribution in [3.05, 3.63) is 53.6 Å². The lowest BCUT2D eigenvalue weighted by molar-refractivity contribution is -0.0720. The van der Waals surface area contributed by atoms with Crippen LogP contribution in [0.15, 0.2) is 52.3 Å². The Morgan fingerprint density at radius 3 is 2.10 bits per heavy atom. The Bertz CT molecular complexity index is 1430. The van der Waals surface area contributed by atoms with Gasteiger partial charge < -0.3 is 9.64 Å². The Morgan fingerprint density at radius 2 is 1.55 bits per heavy atom. The fraction of sp³-hybridized carbons (Fsp3) is 0.552. The molecule has 11 heteroatoms. The van der Waals surface area contributed by atoms with E-state index in [1.54, 1.807) is 25.1 Å². The van der Waals surface area contributed by atoms with Gasteiger partial charge in [-0.15, -0.1) is 0 Å². The molecule has 0 spiro atoms. The normalized spacial score (nSPS) is 22.3. The van der Waals surface area contributed by atoms with E-state index in [-0.39, 0.29) is 22.0 Å². The number of sulfone groups is 1. The molecule has 0 aromatic heterocycles. The first-order valence-electron chi connectivity index (χ1n) is 13.8. The summed E-state index contributed by atoms with van der Waals surface area (Å²) in [7, 11) is -4.68. The molecule has 218 valence electrons. The van der Waals surface area contributed by atoms with Crippen molar-refractivity contribution in [2.24, 2.45) is 5.92 Å². The summed E-state index contributed by atoms with van der Waals surface area (Å²) in [5, 5.41) is 9.01. The van der Waals surface area contributed by atoms with E-state index in [1.165, 1.54) is 38.4 Å². The van der Waals surface area contributed by atoms with Gasteiger partial charge in [0.2, 0.25) is 10.0 Å². The van der Waals surface area contributed by atoms with Crippen LogP contribution in [0, 0.1) is 17.2 Å². The number of anilines is 1. The molecule has 0 aliphatic carbocycles. The van der Waals surface area contributed by atoms with E-state index < -0.39 is 25.1 Å². The van der Waals surface area contributed by atoms with Crippen LogP contribution in [0.3, 0.4) is 0 Å². The minimum Gasteiger partial charge on any atom is -0.373 e. The SMILES string of the molecule is CC1CN(CC2CCN(c3c(C#N)cccc3C(C)S(=O)(=O)c3ccc(S(=O)(=O)N(C)C)cc3)CC2)CC(C)O1. The second-order valence-corrected chi connectivity index (χ2v) is 15.6. The third-order valence-electron chi connectivity index (χ3n) is 7.96. The van der Waals surface area contributed by atoms with E-state index in [4.69, 9.17) is 4.74 Å². The molecule has 2 aliphatic rings. The number of hydrogen-bond donors (Lipinski definition) is 0. The number of benzene rings is 2. The van der Waals surface area contributed by atoms with Crippen LogP contribution in [-0.4, -0.2) is 85.1 Å². The lowest BCUT2D eigenvalue weighted by Gasteiger charge is -2.40. The van der Waals surface area contributed by atoms with Gasteiger partial charge in [-0.1, -0.05) is 12.1 Å². The predicted octanol–water partition coefficient (Wildman–Crippen LogP) is 3.67. The van der Waals surface area contributed by atoms with Crippen molar-refractivity contribution in [3.8, 4) is 6.07 Å². The molecule has 2 aromatic rings. The zero-order valence-electron chi connectivity index (χ0n) is 23.9. The maximum absolute atomic E-state index is 13.7. The van der Waals surface area contributed by atoms with Crippen molar-refractivity contribution in [1.82, 2.24) is 9.21 Å². The molecular weight excluding hydrogens is 548 g/mol. The van der Waals surface area contributed by atoms with Crippen LogP contribution in [0.4, 0.5) is 5.69 Å². The van der Waals surface area contributed by atoms with Gasteiger partial charge in [-0.3, -0.25) is 4.90 Å². The van der Waals surface area contributed by atoms with Gasteiger partial charge >= 0.3 is 0 Å². The highest BCUT2D eigenvalue weighted by Gasteiger charge is 2.32. The zero-order chi connectivity index (χ0) is 29.2. The molecule has 3 unspecified atom stereocenters. The van der Waals surface area contributed by atoms with Gasteiger partial charge in [0, 0.05) is 46.8 Å². The first-order chi connectivity index (χ1) is 18.8. The van der Waals surface area contributed by atoms with Crippen molar-refractivity contribution in [2.45, 2.75) is 60.9 Å². The monoisotopic (exact) mass is 588 g/mol. The van der Waals surface area contributed by atoms with Crippen LogP contribution in [-0.2, 0) is 24.6 Å². The van der Waals surface area contributed by atoms with E-state index >= 15 is 0 Å². The van der Waals surface area contributed by atoms with E-state index in [9.17, 15) is 22.1 Å². The Hall–Kier alpha value is -2.49. The molecule has 0 radical (unpaired) electrons. The van der Waals surface area contributed by atoms with Crippen molar-refractivity contribution >= 4 is 25.5 Å². The molecule has 3 atom stereocenters. The number of morpholine rings is 1. The topological polar surface area (TPSA) is 111 Å². The van der Waals surface area contributed by atoms with Crippen molar-refractivity contribution < 1.29 is 21.6 Å². The molecule has 0 saturated carbocycles. The number of nitriles is 1. The third-order valence-corrected chi connectivity index (χ3v) is 11.9. The average Bonchev–Trinajstić information content (AvgIpc) is 2.92. The highest BCUT2D eigenvalue weighted by molar-refractivity contribution is 7.91. The molecule has 0 N–H and O–H groups in total. The fourth-order valence-electron chi connectivity index (χ4n) is 5.85. The lowest BCUT2D eigenvalue weighted by atomic mass is 9.93. The van der Waals surface area contributed by atoms with Gasteiger partial charge in [0.05, 0.1) is 38.5 Å². The highest BCUT2D eigenvalue weighted by Crippen LogP contribution is 2.38. The van der Waals surface area contributed by atoms with Gasteiger partial charge in [0.25, 0.3) is 0 Å². The maximum Gasteiger partial charge on any atom is 0.242 e. The van der Waals surface area contributed by atoms with Gasteiger partial charge in [0.15, 0.2) is 9.84 Å². The quantitative estimate of drug-likeness (QED) is 0.459. The van der Waals surface area contributed by atoms with Crippen LogP contribution in [0.5, 0.6) is 0 Å². The summed E-state index contributed by atoms with van der Waals surface area (Å²) in [5.74, 6) is 0.532. The van der Waals surface area contributed by atoms with E-state index in [2.05, 4.69) is 29.7 Å². The Morgan fingerprint density at radius 1 is 0.975 bits per heavy atom. The molecular formula is C29H40N4O5S2. The minimum absolute atomic E-state index is 0.0279. The van der Waals surface area contributed by atoms with Crippen molar-refractivity contribution in [1.29, 1.82) is 5.26 Å². The van der Waals surface area contributed by atoms with Gasteiger partial charge in [-0.2, -0.15) is 5.26 Å². The maximum atomic E-state index is 13.7. The molecule has 2 heterocycles. The lowest BCUT2D eigenvalue weighted by Crippen LogP contribution is -2.48. The van der Waals surface area contributed by atoms with Gasteiger partial charge in [0.1, 0.15) is 6.07 Å². The summed E-state index contributed by atoms with van der Waals surface area (Å²) in [6, 6.07) is 12.8. The summed E-state index contributed by atoms with van der Waals surface area (Å²) in [5.41, 5.74) is 1.72. The Labute approximate surface area is 239 Å². The summed E-state index contributed by atoms with van der Waals surface area (Å²) in [4.78, 5) is 4.71. The van der Waals surface area contributed by atoms with E-state index in [1.807, 2.05) is 0 Å². The van der Waals surface area contributed by atoms with Crippen LogP contribution < -0.4 is 4.90 Å². The molecule has 2 fully saturated rings. The number of piperidine rings is 1. The number of hydrogen-bond acceptors (Lipinski definition) is 8. The van der Waals surface area contributed by atoms with Gasteiger partial charge in [-0.25, -0.2) is 21.1 Å². The number of ether oxygens (including phenoxy) is 1.